The van der Waals surface area contributed by atoms with Crippen LogP contribution in [0.25, 0.3) is 5.69 Å². The number of rotatable bonds is 4. The highest BCUT2D eigenvalue weighted by Crippen LogP contribution is 2.18. The lowest BCUT2D eigenvalue weighted by Crippen LogP contribution is -2.07. The summed E-state index contributed by atoms with van der Waals surface area (Å²) >= 11 is 0. The van der Waals surface area contributed by atoms with E-state index in [0.717, 1.165) is 5.56 Å². The van der Waals surface area contributed by atoms with Gasteiger partial charge < -0.3 is 4.74 Å². The second-order valence-electron chi connectivity index (χ2n) is 4.99. The molecule has 2 aromatic carbocycles. The Hall–Kier alpha value is -3.20. The van der Waals surface area contributed by atoms with E-state index in [1.807, 2.05) is 37.3 Å². The Labute approximate surface area is 132 Å². The van der Waals surface area contributed by atoms with E-state index < -0.39 is 0 Å². The second kappa shape index (κ2) is 6.28. The first-order chi connectivity index (χ1) is 11.2. The van der Waals surface area contributed by atoms with Gasteiger partial charge in [0.25, 0.3) is 0 Å². The third kappa shape index (κ3) is 3.19. The van der Waals surface area contributed by atoms with Crippen LogP contribution in [0.5, 0.6) is 5.75 Å². The number of ether oxygens (including phenoxy) is 1. The molecule has 0 spiro atoms. The first-order valence-electron chi connectivity index (χ1n) is 6.97. The summed E-state index contributed by atoms with van der Waals surface area (Å²) in [4.78, 5) is 0. The molecule has 5 nitrogen and oxygen atoms in total. The van der Waals surface area contributed by atoms with E-state index in [4.69, 9.17) is 4.74 Å². The van der Waals surface area contributed by atoms with Crippen LogP contribution in [-0.4, -0.2) is 15.0 Å². The molecule has 0 aliphatic rings. The molecular formula is C17H13FN4O. The minimum atomic E-state index is -0.387. The zero-order chi connectivity index (χ0) is 16.2. The van der Waals surface area contributed by atoms with Gasteiger partial charge in [-0.3, -0.25) is 0 Å². The van der Waals surface area contributed by atoms with Crippen LogP contribution in [0.4, 0.5) is 4.39 Å². The topological polar surface area (TPSA) is 63.7 Å². The molecule has 0 unspecified atom stereocenters. The fourth-order valence-corrected chi connectivity index (χ4v) is 2.12. The zero-order valence-corrected chi connectivity index (χ0v) is 12.4. The van der Waals surface area contributed by atoms with Crippen LogP contribution in [0.15, 0.2) is 48.5 Å². The Balaban J connectivity index is 1.90. The molecular weight excluding hydrogens is 295 g/mol. The first-order valence-corrected chi connectivity index (χ1v) is 6.97. The molecule has 0 saturated heterocycles. The van der Waals surface area contributed by atoms with E-state index in [0.29, 0.717) is 17.1 Å². The third-order valence-electron chi connectivity index (χ3n) is 3.32. The molecule has 0 bridgehead atoms. The van der Waals surface area contributed by atoms with E-state index in [-0.39, 0.29) is 18.1 Å². The zero-order valence-electron chi connectivity index (χ0n) is 12.4. The van der Waals surface area contributed by atoms with E-state index >= 15 is 0 Å². The molecule has 3 aromatic rings. The third-order valence-corrected chi connectivity index (χ3v) is 3.32. The minimum Gasteiger partial charge on any atom is -0.487 e. The van der Waals surface area contributed by atoms with E-state index in [2.05, 4.69) is 10.3 Å². The molecule has 0 N–H and O–H groups in total. The van der Waals surface area contributed by atoms with Crippen molar-refractivity contribution < 1.29 is 9.13 Å². The lowest BCUT2D eigenvalue weighted by Gasteiger charge is -2.09. The van der Waals surface area contributed by atoms with Gasteiger partial charge in [0.1, 0.15) is 29.9 Å². The van der Waals surface area contributed by atoms with Crippen molar-refractivity contribution in [3.8, 4) is 17.5 Å². The van der Waals surface area contributed by atoms with Gasteiger partial charge in [-0.1, -0.05) is 29.0 Å². The van der Waals surface area contributed by atoms with Gasteiger partial charge in [0.2, 0.25) is 0 Å². The summed E-state index contributed by atoms with van der Waals surface area (Å²) < 4.78 is 20.5. The van der Waals surface area contributed by atoms with Gasteiger partial charge in [-0.2, -0.15) is 5.26 Å². The molecule has 114 valence electrons. The summed E-state index contributed by atoms with van der Waals surface area (Å²) in [6, 6.07) is 15.5. The fourth-order valence-electron chi connectivity index (χ4n) is 2.12. The monoisotopic (exact) mass is 308 g/mol. The maximum Gasteiger partial charge on any atom is 0.189 e. The van der Waals surface area contributed by atoms with Crippen molar-refractivity contribution >= 4 is 0 Å². The minimum absolute atomic E-state index is 0.107. The van der Waals surface area contributed by atoms with E-state index in [1.165, 1.54) is 16.8 Å². The van der Waals surface area contributed by atoms with Crippen molar-refractivity contribution in [3.05, 3.63) is 71.3 Å². The summed E-state index contributed by atoms with van der Waals surface area (Å²) in [7, 11) is 0. The normalized spacial score (nSPS) is 10.3. The molecule has 6 heteroatoms. The SMILES string of the molecule is Cc1ccc(OCc2c(C#N)nnn2-c2cccc(F)c2)cc1. The highest BCUT2D eigenvalue weighted by molar-refractivity contribution is 5.37. The number of hydrogen-bond donors (Lipinski definition) is 0. The Morgan fingerprint density at radius 2 is 2.00 bits per heavy atom. The van der Waals surface area contributed by atoms with Crippen molar-refractivity contribution in [2.24, 2.45) is 0 Å². The van der Waals surface area contributed by atoms with Crippen LogP contribution in [0.2, 0.25) is 0 Å². The Morgan fingerprint density at radius 3 is 2.70 bits per heavy atom. The molecule has 0 aliphatic carbocycles. The molecule has 0 aliphatic heterocycles. The van der Waals surface area contributed by atoms with Gasteiger partial charge in [-0.15, -0.1) is 5.10 Å². The molecule has 3 rings (SSSR count). The summed E-state index contributed by atoms with van der Waals surface area (Å²) in [5.41, 5.74) is 2.24. The fraction of sp³-hybridized carbons (Fsp3) is 0.118. The molecule has 0 saturated carbocycles. The number of nitriles is 1. The van der Waals surface area contributed by atoms with Crippen molar-refractivity contribution in [2.45, 2.75) is 13.5 Å². The number of aryl methyl sites for hydroxylation is 1. The van der Waals surface area contributed by atoms with Crippen LogP contribution in [0.3, 0.4) is 0 Å². The van der Waals surface area contributed by atoms with E-state index in [9.17, 15) is 9.65 Å². The molecule has 0 atom stereocenters. The largest absolute Gasteiger partial charge is 0.487 e. The highest BCUT2D eigenvalue weighted by Gasteiger charge is 2.15. The van der Waals surface area contributed by atoms with Crippen molar-refractivity contribution in [2.75, 3.05) is 0 Å². The highest BCUT2D eigenvalue weighted by atomic mass is 19.1. The molecule has 23 heavy (non-hydrogen) atoms. The maximum atomic E-state index is 13.4. The van der Waals surface area contributed by atoms with Gasteiger partial charge >= 0.3 is 0 Å². The predicted octanol–water partition coefficient (Wildman–Crippen LogP) is 3.17. The van der Waals surface area contributed by atoms with Gasteiger partial charge in [-0.25, -0.2) is 9.07 Å². The molecule has 0 amide bonds. The number of benzene rings is 2. The molecule has 1 aromatic heterocycles. The Bertz CT molecular complexity index is 865. The lowest BCUT2D eigenvalue weighted by atomic mass is 10.2. The Morgan fingerprint density at radius 1 is 1.22 bits per heavy atom. The molecule has 0 radical (unpaired) electrons. The summed E-state index contributed by atoms with van der Waals surface area (Å²) in [5, 5.41) is 16.9. The van der Waals surface area contributed by atoms with Gasteiger partial charge in [-0.05, 0) is 37.3 Å². The lowest BCUT2D eigenvalue weighted by molar-refractivity contribution is 0.297. The number of aromatic nitrogens is 3. The molecule has 1 heterocycles. The predicted molar refractivity (Wildman–Crippen MR) is 81.5 cm³/mol. The second-order valence-corrected chi connectivity index (χ2v) is 4.99. The van der Waals surface area contributed by atoms with Crippen LogP contribution in [-0.2, 0) is 6.61 Å². The average Bonchev–Trinajstić information content (AvgIpc) is 2.97. The molecule has 0 fully saturated rings. The number of hydrogen-bond acceptors (Lipinski definition) is 4. The van der Waals surface area contributed by atoms with Crippen LogP contribution < -0.4 is 4.74 Å². The maximum absolute atomic E-state index is 13.4. The van der Waals surface area contributed by atoms with Crippen molar-refractivity contribution in [3.63, 3.8) is 0 Å². The van der Waals surface area contributed by atoms with Gasteiger partial charge in [0.15, 0.2) is 5.69 Å². The first kappa shape index (κ1) is 14.7. The summed E-state index contributed by atoms with van der Waals surface area (Å²) in [6.45, 7) is 2.09. The quantitative estimate of drug-likeness (QED) is 0.742. The Kier molecular flexibility index (Phi) is 4.02. The van der Waals surface area contributed by atoms with E-state index in [1.54, 1.807) is 12.1 Å². The van der Waals surface area contributed by atoms with Crippen LogP contribution in [0, 0.1) is 24.1 Å². The number of nitrogens with zero attached hydrogens (tertiary/aromatic N) is 4. The standard InChI is InChI=1S/C17H13FN4O/c1-12-5-7-15(8-6-12)23-11-17-16(10-19)20-21-22(17)14-4-2-3-13(18)9-14/h2-9H,11H2,1H3. The van der Waals surface area contributed by atoms with Crippen molar-refractivity contribution in [1.82, 2.24) is 15.0 Å². The summed E-state index contributed by atoms with van der Waals surface area (Å²) in [5.74, 6) is 0.286. The van der Waals surface area contributed by atoms with Crippen LogP contribution >= 0.6 is 0 Å². The summed E-state index contributed by atoms with van der Waals surface area (Å²) in [6.07, 6.45) is 0. The average molecular weight is 308 g/mol. The number of halogens is 1. The van der Waals surface area contributed by atoms with Crippen LogP contribution in [0.1, 0.15) is 17.0 Å². The van der Waals surface area contributed by atoms with Gasteiger partial charge in [0, 0.05) is 0 Å². The smallest absolute Gasteiger partial charge is 0.189 e. The van der Waals surface area contributed by atoms with Crippen molar-refractivity contribution in [1.29, 1.82) is 5.26 Å². The van der Waals surface area contributed by atoms with Gasteiger partial charge in [0.05, 0.1) is 5.69 Å².